The lowest BCUT2D eigenvalue weighted by atomic mass is 9.99. The second-order valence-corrected chi connectivity index (χ2v) is 10.4. The summed E-state index contributed by atoms with van der Waals surface area (Å²) in [6.45, 7) is 8.07. The molecule has 1 aliphatic rings. The van der Waals surface area contributed by atoms with E-state index >= 15 is 0 Å². The van der Waals surface area contributed by atoms with Crippen LogP contribution in [-0.4, -0.2) is 47.3 Å². The van der Waals surface area contributed by atoms with Gasteiger partial charge in [0.1, 0.15) is 0 Å². The Labute approximate surface area is 197 Å². The molecule has 0 bridgehead atoms. The summed E-state index contributed by atoms with van der Waals surface area (Å²) in [5, 5.41) is 11.1. The number of esters is 2. The number of hydrogen-bond acceptors (Lipinski definition) is 8. The van der Waals surface area contributed by atoms with Gasteiger partial charge in [-0.05, 0) is 52.3 Å². The molecule has 1 saturated heterocycles. The number of ether oxygens (including phenoxy) is 2. The second-order valence-electron chi connectivity index (χ2n) is 8.54. The van der Waals surface area contributed by atoms with Crippen LogP contribution in [0.15, 0.2) is 53.4 Å². The molecule has 34 heavy (non-hydrogen) atoms. The van der Waals surface area contributed by atoms with E-state index in [0.29, 0.717) is 0 Å². The normalized spacial score (nSPS) is 19.0. The summed E-state index contributed by atoms with van der Waals surface area (Å²) in [5.41, 5.74) is -1.50. The van der Waals surface area contributed by atoms with Crippen molar-refractivity contribution in [2.24, 2.45) is 0 Å². The van der Waals surface area contributed by atoms with E-state index < -0.39 is 50.7 Å². The Bertz CT molecular complexity index is 1180. The number of rotatable bonds is 8. The number of carbonyl (C=O) groups excluding carboxylic acids is 2. The smallest absolute Gasteiger partial charge is 0.341 e. The van der Waals surface area contributed by atoms with Gasteiger partial charge in [0.05, 0.1) is 28.1 Å². The molecule has 1 aliphatic heterocycles. The third kappa shape index (κ3) is 4.40. The Balaban J connectivity index is 2.22. The fourth-order valence-electron chi connectivity index (χ4n) is 3.67. The molecule has 3 rings (SSSR count). The van der Waals surface area contributed by atoms with Crippen LogP contribution in [0.3, 0.4) is 0 Å². The molecule has 1 heterocycles. The number of benzene rings is 2. The van der Waals surface area contributed by atoms with E-state index in [2.05, 4.69) is 0 Å². The first-order valence-corrected chi connectivity index (χ1v) is 12.0. The molecule has 0 saturated carbocycles. The number of sulfonamides is 1. The van der Waals surface area contributed by atoms with Gasteiger partial charge in [0.25, 0.3) is 11.2 Å². The topological polar surface area (TPSA) is 133 Å². The van der Waals surface area contributed by atoms with Crippen molar-refractivity contribution in [3.8, 4) is 0 Å². The standard InChI is InChI=1S/C23H26N2O8S/c1-14(2)32-21(26)23(22(27)33-15(3)4)20(17-8-10-18(11-9-17)25(28)29)24(23)34(30,31)19-12-6-16(5)7-13-19/h6-15,20H,1-5H3. The number of hydrogen-bond donors (Lipinski definition) is 0. The van der Waals surface area contributed by atoms with Gasteiger partial charge >= 0.3 is 11.9 Å². The molecule has 182 valence electrons. The van der Waals surface area contributed by atoms with Gasteiger partial charge in [-0.1, -0.05) is 29.8 Å². The van der Waals surface area contributed by atoms with Crippen LogP contribution in [0, 0.1) is 17.0 Å². The molecule has 10 nitrogen and oxygen atoms in total. The highest BCUT2D eigenvalue weighted by Gasteiger charge is 2.81. The van der Waals surface area contributed by atoms with Gasteiger partial charge in [-0.15, -0.1) is 0 Å². The van der Waals surface area contributed by atoms with Crippen molar-refractivity contribution in [3.05, 3.63) is 69.8 Å². The van der Waals surface area contributed by atoms with Crippen molar-refractivity contribution < 1.29 is 32.4 Å². The minimum atomic E-state index is -4.38. The zero-order valence-electron chi connectivity index (χ0n) is 19.4. The molecule has 11 heteroatoms. The molecule has 0 N–H and O–H groups in total. The van der Waals surface area contributed by atoms with Crippen LogP contribution in [0.4, 0.5) is 5.69 Å². The molecule has 2 aromatic rings. The zero-order valence-corrected chi connectivity index (χ0v) is 20.2. The van der Waals surface area contributed by atoms with E-state index in [1.165, 1.54) is 36.4 Å². The maximum absolute atomic E-state index is 13.7. The number of nitro groups is 1. The Kier molecular flexibility index (Phi) is 6.81. The molecular formula is C23H26N2O8S. The summed E-state index contributed by atoms with van der Waals surface area (Å²) < 4.78 is 38.7. The van der Waals surface area contributed by atoms with Gasteiger partial charge in [0.15, 0.2) is 0 Å². The molecule has 0 aliphatic carbocycles. The first kappa shape index (κ1) is 25.3. The highest BCUT2D eigenvalue weighted by Crippen LogP contribution is 2.58. The molecule has 0 amide bonds. The van der Waals surface area contributed by atoms with Crippen molar-refractivity contribution >= 4 is 27.6 Å². The molecule has 2 aromatic carbocycles. The average molecular weight is 491 g/mol. The van der Waals surface area contributed by atoms with E-state index in [-0.39, 0.29) is 16.1 Å². The minimum absolute atomic E-state index is 0.124. The third-order valence-electron chi connectivity index (χ3n) is 5.22. The summed E-state index contributed by atoms with van der Waals surface area (Å²) in [7, 11) is -4.38. The molecule has 1 fully saturated rings. The lowest BCUT2D eigenvalue weighted by molar-refractivity contribution is -0.384. The Morgan fingerprint density at radius 3 is 1.82 bits per heavy atom. The number of carbonyl (C=O) groups is 2. The predicted molar refractivity (Wildman–Crippen MR) is 121 cm³/mol. The summed E-state index contributed by atoms with van der Waals surface area (Å²) >= 11 is 0. The molecule has 2 unspecified atom stereocenters. The van der Waals surface area contributed by atoms with E-state index in [9.17, 15) is 28.1 Å². The van der Waals surface area contributed by atoms with E-state index in [1.807, 2.05) is 0 Å². The van der Waals surface area contributed by atoms with Crippen LogP contribution in [0.5, 0.6) is 0 Å². The van der Waals surface area contributed by atoms with E-state index in [4.69, 9.17) is 9.47 Å². The fourth-order valence-corrected chi connectivity index (χ4v) is 5.51. The van der Waals surface area contributed by atoms with E-state index in [0.717, 1.165) is 9.87 Å². The predicted octanol–water partition coefficient (Wildman–Crippen LogP) is 3.29. The van der Waals surface area contributed by atoms with Gasteiger partial charge in [0.2, 0.25) is 10.0 Å². The highest BCUT2D eigenvalue weighted by molar-refractivity contribution is 7.89. The Hall–Kier alpha value is -3.31. The van der Waals surface area contributed by atoms with E-state index in [1.54, 1.807) is 46.8 Å². The largest absolute Gasteiger partial charge is 0.461 e. The van der Waals surface area contributed by atoms with Gasteiger partial charge in [0, 0.05) is 12.1 Å². The lowest BCUT2D eigenvalue weighted by Gasteiger charge is -2.19. The Morgan fingerprint density at radius 2 is 1.41 bits per heavy atom. The molecule has 0 spiro atoms. The summed E-state index contributed by atoms with van der Waals surface area (Å²) in [5.74, 6) is -2.15. The van der Waals surface area contributed by atoms with Crippen molar-refractivity contribution in [3.63, 3.8) is 0 Å². The van der Waals surface area contributed by atoms with Crippen LogP contribution in [0.25, 0.3) is 0 Å². The summed E-state index contributed by atoms with van der Waals surface area (Å²) in [4.78, 5) is 37.0. The van der Waals surface area contributed by atoms with Crippen LogP contribution in [-0.2, 0) is 29.1 Å². The van der Waals surface area contributed by atoms with Crippen molar-refractivity contribution in [1.29, 1.82) is 0 Å². The maximum atomic E-state index is 13.7. The van der Waals surface area contributed by atoms with Crippen molar-refractivity contribution in [2.75, 3.05) is 0 Å². The first-order valence-electron chi connectivity index (χ1n) is 10.6. The maximum Gasteiger partial charge on any atom is 0.341 e. The van der Waals surface area contributed by atoms with Crippen LogP contribution < -0.4 is 0 Å². The zero-order chi connectivity index (χ0) is 25.4. The van der Waals surface area contributed by atoms with Gasteiger partial charge in [-0.3, -0.25) is 10.1 Å². The molecule has 0 aromatic heterocycles. The minimum Gasteiger partial charge on any atom is -0.461 e. The van der Waals surface area contributed by atoms with Crippen molar-refractivity contribution in [1.82, 2.24) is 4.31 Å². The second kappa shape index (κ2) is 9.15. The van der Waals surface area contributed by atoms with Crippen LogP contribution in [0.2, 0.25) is 0 Å². The van der Waals surface area contributed by atoms with Gasteiger partial charge in [-0.25, -0.2) is 18.0 Å². The number of nitro benzene ring substituents is 1. The first-order chi connectivity index (χ1) is 15.8. The number of non-ortho nitro benzene ring substituents is 1. The van der Waals surface area contributed by atoms with Crippen molar-refractivity contribution in [2.45, 2.75) is 63.3 Å². The monoisotopic (exact) mass is 490 g/mol. The number of aryl methyl sites for hydroxylation is 1. The number of nitrogens with zero attached hydrogens (tertiary/aromatic N) is 2. The van der Waals surface area contributed by atoms with Crippen LogP contribution in [0.1, 0.15) is 44.9 Å². The summed E-state index contributed by atoms with van der Waals surface area (Å²) in [6, 6.07) is 9.62. The molecule has 0 radical (unpaired) electrons. The molecular weight excluding hydrogens is 464 g/mol. The highest BCUT2D eigenvalue weighted by atomic mass is 32.2. The Morgan fingerprint density at radius 1 is 0.941 bits per heavy atom. The SMILES string of the molecule is Cc1ccc(S(=O)(=O)N2C(c3ccc([N+](=O)[O-])cc3)C2(C(=O)OC(C)C)C(=O)OC(C)C)cc1. The van der Waals surface area contributed by atoms with Crippen LogP contribution >= 0.6 is 0 Å². The third-order valence-corrected chi connectivity index (χ3v) is 7.10. The van der Waals surface area contributed by atoms with Gasteiger partial charge in [-0.2, -0.15) is 4.31 Å². The van der Waals surface area contributed by atoms with Gasteiger partial charge < -0.3 is 9.47 Å². The molecule has 2 atom stereocenters. The summed E-state index contributed by atoms with van der Waals surface area (Å²) in [6.07, 6.45) is -1.28. The lowest BCUT2D eigenvalue weighted by Crippen LogP contribution is -2.44. The fraction of sp³-hybridized carbons (Fsp3) is 0.391. The quantitative estimate of drug-likeness (QED) is 0.181. The average Bonchev–Trinajstić information content (AvgIpc) is 3.46.